The van der Waals surface area contributed by atoms with E-state index in [1.165, 1.54) is 10.4 Å². The molecule has 9 heteroatoms. The van der Waals surface area contributed by atoms with E-state index in [1.54, 1.807) is 28.4 Å². The number of amides is 2. The standard InChI is InChI=1S/C27H23ClF2N4OS/c1-32-12-10-19-20-14-34(27(35)31-22-13-18(29)8-9-21(22)30)25(16-4-6-17(28)7-5-16)23-3-2-11-33(23)26(20)36-24(19)15-32/h2-9,11,13,25H,10,12,14-15H2,1H3,(H,31,35). The Morgan fingerprint density at radius 1 is 1.08 bits per heavy atom. The molecule has 0 saturated heterocycles. The highest BCUT2D eigenvalue weighted by atomic mass is 35.5. The molecule has 6 rings (SSSR count). The molecule has 4 heterocycles. The van der Waals surface area contributed by atoms with E-state index in [-0.39, 0.29) is 5.69 Å². The second-order valence-corrected chi connectivity index (χ2v) is 10.7. The fourth-order valence-electron chi connectivity index (χ4n) is 5.13. The van der Waals surface area contributed by atoms with Crippen LogP contribution in [0.1, 0.15) is 33.3 Å². The first-order valence-electron chi connectivity index (χ1n) is 11.7. The summed E-state index contributed by atoms with van der Waals surface area (Å²) in [5.41, 5.74) is 3.98. The molecule has 0 bridgehead atoms. The summed E-state index contributed by atoms with van der Waals surface area (Å²) in [5.74, 6) is -1.31. The molecule has 2 aliphatic rings. The maximum Gasteiger partial charge on any atom is 0.323 e. The monoisotopic (exact) mass is 524 g/mol. The van der Waals surface area contributed by atoms with Crippen molar-refractivity contribution in [3.8, 4) is 5.00 Å². The van der Waals surface area contributed by atoms with Crippen LogP contribution >= 0.6 is 22.9 Å². The van der Waals surface area contributed by atoms with Gasteiger partial charge in [0.25, 0.3) is 0 Å². The Bertz CT molecular complexity index is 1470. The Morgan fingerprint density at radius 2 is 1.89 bits per heavy atom. The van der Waals surface area contributed by atoms with Gasteiger partial charge in [-0.25, -0.2) is 13.6 Å². The number of nitrogens with one attached hydrogen (secondary N) is 1. The minimum atomic E-state index is -0.692. The fraction of sp³-hybridized carbons (Fsp3) is 0.222. The summed E-state index contributed by atoms with van der Waals surface area (Å²) in [4.78, 5) is 19.1. The van der Waals surface area contributed by atoms with Gasteiger partial charge in [-0.05, 0) is 61.0 Å². The van der Waals surface area contributed by atoms with Gasteiger partial charge in [-0.15, -0.1) is 11.3 Å². The van der Waals surface area contributed by atoms with Gasteiger partial charge in [0.15, 0.2) is 0 Å². The number of halogens is 3. The first-order chi connectivity index (χ1) is 17.4. The van der Waals surface area contributed by atoms with E-state index in [2.05, 4.69) is 21.8 Å². The number of carbonyl (C=O) groups is 1. The lowest BCUT2D eigenvalue weighted by Crippen LogP contribution is -2.38. The molecular weight excluding hydrogens is 502 g/mol. The zero-order chi connectivity index (χ0) is 25.0. The van der Waals surface area contributed by atoms with Crippen LogP contribution in [-0.4, -0.2) is 34.0 Å². The Balaban J connectivity index is 1.50. The van der Waals surface area contributed by atoms with E-state index in [0.29, 0.717) is 11.6 Å². The average Bonchev–Trinajstić information content (AvgIpc) is 3.43. The van der Waals surface area contributed by atoms with Crippen molar-refractivity contribution in [1.82, 2.24) is 14.4 Å². The van der Waals surface area contributed by atoms with Crippen molar-refractivity contribution in [2.75, 3.05) is 18.9 Å². The number of thiophene rings is 1. The number of urea groups is 1. The Morgan fingerprint density at radius 3 is 2.69 bits per heavy atom. The van der Waals surface area contributed by atoms with Gasteiger partial charge in [0, 0.05) is 40.8 Å². The van der Waals surface area contributed by atoms with Crippen molar-refractivity contribution < 1.29 is 13.6 Å². The predicted octanol–water partition coefficient (Wildman–Crippen LogP) is 6.60. The molecule has 0 saturated carbocycles. The van der Waals surface area contributed by atoms with Crippen LogP contribution in [0.25, 0.3) is 5.00 Å². The molecule has 0 spiro atoms. The van der Waals surface area contributed by atoms with Gasteiger partial charge < -0.3 is 19.7 Å². The third-order valence-corrected chi connectivity index (χ3v) is 8.38. The van der Waals surface area contributed by atoms with Crippen molar-refractivity contribution in [3.63, 3.8) is 0 Å². The maximum absolute atomic E-state index is 14.5. The second kappa shape index (κ2) is 9.03. The van der Waals surface area contributed by atoms with Gasteiger partial charge in [-0.1, -0.05) is 23.7 Å². The van der Waals surface area contributed by atoms with E-state index >= 15 is 0 Å². The van der Waals surface area contributed by atoms with Crippen molar-refractivity contribution in [3.05, 3.63) is 105 Å². The molecular formula is C27H23ClF2N4OS. The lowest BCUT2D eigenvalue weighted by molar-refractivity contribution is 0.194. The highest BCUT2D eigenvalue weighted by molar-refractivity contribution is 7.15. The summed E-state index contributed by atoms with van der Waals surface area (Å²) >= 11 is 7.93. The Hall–Kier alpha value is -3.20. The smallest absolute Gasteiger partial charge is 0.310 e. The first-order valence-corrected chi connectivity index (χ1v) is 12.9. The number of nitrogens with zero attached hydrogens (tertiary/aromatic N) is 3. The predicted molar refractivity (Wildman–Crippen MR) is 138 cm³/mol. The summed E-state index contributed by atoms with van der Waals surface area (Å²) in [6.45, 7) is 2.14. The zero-order valence-corrected chi connectivity index (χ0v) is 21.0. The molecule has 0 aliphatic carbocycles. The summed E-state index contributed by atoms with van der Waals surface area (Å²) in [6, 6.07) is 13.4. The van der Waals surface area contributed by atoms with Crippen LogP contribution in [0, 0.1) is 11.6 Å². The summed E-state index contributed by atoms with van der Waals surface area (Å²) in [6.07, 6.45) is 2.92. The summed E-state index contributed by atoms with van der Waals surface area (Å²) in [7, 11) is 2.11. The van der Waals surface area contributed by atoms with E-state index in [0.717, 1.165) is 59.5 Å². The molecule has 2 aromatic carbocycles. The highest BCUT2D eigenvalue weighted by Gasteiger charge is 2.36. The minimum Gasteiger partial charge on any atom is -0.310 e. The van der Waals surface area contributed by atoms with Crippen LogP contribution in [0.2, 0.25) is 5.02 Å². The molecule has 4 aromatic rings. The number of fused-ring (bicyclic) bond motifs is 5. The van der Waals surface area contributed by atoms with E-state index in [9.17, 15) is 13.6 Å². The molecule has 2 aliphatic heterocycles. The van der Waals surface area contributed by atoms with Crippen molar-refractivity contribution >= 4 is 34.7 Å². The fourth-order valence-corrected chi connectivity index (χ4v) is 6.70. The Kier molecular flexibility index (Phi) is 5.82. The average molecular weight is 525 g/mol. The largest absolute Gasteiger partial charge is 0.323 e. The van der Waals surface area contributed by atoms with Crippen LogP contribution in [0.5, 0.6) is 0 Å². The van der Waals surface area contributed by atoms with Crippen LogP contribution in [-0.2, 0) is 19.5 Å². The number of hydrogen-bond donors (Lipinski definition) is 1. The van der Waals surface area contributed by atoms with Crippen molar-refractivity contribution in [2.24, 2.45) is 0 Å². The van der Waals surface area contributed by atoms with Gasteiger partial charge in [-0.2, -0.15) is 0 Å². The summed E-state index contributed by atoms with van der Waals surface area (Å²) < 4.78 is 30.5. The lowest BCUT2D eigenvalue weighted by atomic mass is 10.0. The topological polar surface area (TPSA) is 40.5 Å². The van der Waals surface area contributed by atoms with E-state index in [4.69, 9.17) is 11.6 Å². The molecule has 184 valence electrons. The van der Waals surface area contributed by atoms with Gasteiger partial charge in [0.2, 0.25) is 0 Å². The van der Waals surface area contributed by atoms with Gasteiger partial charge in [0.05, 0.1) is 24.0 Å². The number of anilines is 1. The lowest BCUT2D eigenvalue weighted by Gasteiger charge is -2.32. The van der Waals surface area contributed by atoms with E-state index < -0.39 is 23.7 Å². The number of aromatic nitrogens is 1. The van der Waals surface area contributed by atoms with Gasteiger partial charge >= 0.3 is 6.03 Å². The third-order valence-electron chi connectivity index (χ3n) is 6.87. The molecule has 0 fully saturated rings. The van der Waals surface area contributed by atoms with Crippen molar-refractivity contribution in [1.29, 1.82) is 0 Å². The Labute approximate surface area is 216 Å². The van der Waals surface area contributed by atoms with Gasteiger partial charge in [-0.3, -0.25) is 0 Å². The van der Waals surface area contributed by atoms with E-state index in [1.807, 2.05) is 30.5 Å². The normalized spacial score (nSPS) is 17.2. The molecule has 1 unspecified atom stereocenters. The zero-order valence-electron chi connectivity index (χ0n) is 19.5. The molecule has 0 radical (unpaired) electrons. The molecule has 1 atom stereocenters. The van der Waals surface area contributed by atoms with Crippen LogP contribution in [0.4, 0.5) is 19.3 Å². The highest BCUT2D eigenvalue weighted by Crippen LogP contribution is 2.43. The molecule has 36 heavy (non-hydrogen) atoms. The maximum atomic E-state index is 14.5. The number of likely N-dealkylation sites (N-methyl/N-ethyl adjacent to an activating group) is 1. The molecule has 1 N–H and O–H groups in total. The number of benzene rings is 2. The van der Waals surface area contributed by atoms with Crippen LogP contribution in [0.3, 0.4) is 0 Å². The SMILES string of the molecule is CN1CCc2c(sc3c2CN(C(=O)Nc2cc(F)ccc2F)C(c2ccc(Cl)cc2)c2cccn2-3)C1. The minimum absolute atomic E-state index is 0.191. The molecule has 2 amide bonds. The van der Waals surface area contributed by atoms with Crippen LogP contribution in [0.15, 0.2) is 60.8 Å². The van der Waals surface area contributed by atoms with Crippen LogP contribution < -0.4 is 5.32 Å². The molecule has 5 nitrogen and oxygen atoms in total. The summed E-state index contributed by atoms with van der Waals surface area (Å²) in [5, 5.41) is 4.32. The van der Waals surface area contributed by atoms with Crippen molar-refractivity contribution in [2.45, 2.75) is 25.6 Å². The number of rotatable bonds is 2. The third kappa shape index (κ3) is 3.99. The van der Waals surface area contributed by atoms with Gasteiger partial charge in [0.1, 0.15) is 16.6 Å². The molecule has 2 aromatic heterocycles. The number of hydrogen-bond acceptors (Lipinski definition) is 3. The second-order valence-electron chi connectivity index (χ2n) is 9.21. The number of carbonyl (C=O) groups excluding carboxylic acids is 1. The first kappa shape index (κ1) is 23.2. The quantitative estimate of drug-likeness (QED) is 0.321.